The number of amides is 1. The minimum atomic E-state index is -1.20. The molecule has 0 saturated heterocycles. The molecule has 0 aromatic heterocycles. The number of carbonyl (C=O) groups excluding carboxylic acids is 1. The number of nitrogens with one attached hydrogen (secondary N) is 1. The van der Waals surface area contributed by atoms with E-state index in [1.165, 1.54) is 12.1 Å². The molecule has 5 nitrogen and oxygen atoms in total. The number of rotatable bonds is 4. The number of carboxylic acids is 1. The molecule has 6 heteroatoms. The number of hydrogen-bond acceptors (Lipinski definition) is 3. The largest absolute Gasteiger partial charge is 0.481 e. The Bertz CT molecular complexity index is 448. The van der Waals surface area contributed by atoms with Gasteiger partial charge in [0.15, 0.2) is 0 Å². The molecule has 0 aliphatic carbocycles. The maximum atomic E-state index is 13.4. The first-order chi connectivity index (χ1) is 7.90. The molecule has 0 fully saturated rings. The van der Waals surface area contributed by atoms with E-state index in [-0.39, 0.29) is 5.69 Å². The summed E-state index contributed by atoms with van der Waals surface area (Å²) < 4.78 is 13.4. The van der Waals surface area contributed by atoms with Crippen LogP contribution >= 0.6 is 0 Å². The molecule has 0 bridgehead atoms. The summed E-state index contributed by atoms with van der Waals surface area (Å²) in [6, 6.07) is 3.09. The van der Waals surface area contributed by atoms with Crippen LogP contribution in [0.5, 0.6) is 0 Å². The molecule has 92 valence electrons. The molecule has 1 rings (SSSR count). The first kappa shape index (κ1) is 13.1. The number of aliphatic carboxylic acids is 1. The fourth-order valence-electron chi connectivity index (χ4n) is 1.23. The first-order valence-electron chi connectivity index (χ1n) is 4.94. The number of carbonyl (C=O) groups is 2. The number of hydrogen-bond donors (Lipinski definition) is 3. The molecule has 0 spiro atoms. The Morgan fingerprint density at radius 3 is 2.71 bits per heavy atom. The van der Waals surface area contributed by atoms with Gasteiger partial charge in [-0.3, -0.25) is 9.59 Å². The van der Waals surface area contributed by atoms with Gasteiger partial charge >= 0.3 is 5.97 Å². The van der Waals surface area contributed by atoms with Crippen molar-refractivity contribution in [2.45, 2.75) is 19.4 Å². The summed E-state index contributed by atoms with van der Waals surface area (Å²) >= 11 is 0. The molecule has 17 heavy (non-hydrogen) atoms. The summed E-state index contributed by atoms with van der Waals surface area (Å²) in [5, 5.41) is 10.7. The standard InChI is InChI=1S/C11H13FN2O3/c1-6-2-3-9(7(12)4-6)14-11(17)8(13)5-10(15)16/h2-4,8H,5,13H2,1H3,(H,14,17)(H,15,16). The number of benzene rings is 1. The van der Waals surface area contributed by atoms with Crippen LogP contribution in [0.3, 0.4) is 0 Å². The number of carboxylic acid groups (broad SMARTS) is 1. The maximum absolute atomic E-state index is 13.4. The molecule has 4 N–H and O–H groups in total. The van der Waals surface area contributed by atoms with Gasteiger partial charge in [0.05, 0.1) is 18.2 Å². The van der Waals surface area contributed by atoms with Gasteiger partial charge in [0, 0.05) is 0 Å². The predicted molar refractivity (Wildman–Crippen MR) is 60.0 cm³/mol. The Kier molecular flexibility index (Phi) is 4.17. The van der Waals surface area contributed by atoms with Crippen LogP contribution in [0.25, 0.3) is 0 Å². The molecule has 0 aliphatic rings. The van der Waals surface area contributed by atoms with E-state index in [1.807, 2.05) is 0 Å². The summed E-state index contributed by atoms with van der Waals surface area (Å²) in [4.78, 5) is 21.8. The highest BCUT2D eigenvalue weighted by molar-refractivity contribution is 5.96. The zero-order chi connectivity index (χ0) is 13.0. The fraction of sp³-hybridized carbons (Fsp3) is 0.273. The lowest BCUT2D eigenvalue weighted by Crippen LogP contribution is -2.37. The molecule has 1 amide bonds. The van der Waals surface area contributed by atoms with Crippen molar-refractivity contribution in [3.8, 4) is 0 Å². The minimum Gasteiger partial charge on any atom is -0.481 e. The normalized spacial score (nSPS) is 11.9. The Morgan fingerprint density at radius 2 is 2.18 bits per heavy atom. The highest BCUT2D eigenvalue weighted by Crippen LogP contribution is 2.15. The number of anilines is 1. The third-order valence-electron chi connectivity index (χ3n) is 2.11. The van der Waals surface area contributed by atoms with Gasteiger partial charge in [-0.25, -0.2) is 4.39 Å². The maximum Gasteiger partial charge on any atom is 0.305 e. The molecule has 1 atom stereocenters. The summed E-state index contributed by atoms with van der Waals surface area (Å²) in [5.74, 6) is -2.49. The second kappa shape index (κ2) is 5.40. The quantitative estimate of drug-likeness (QED) is 0.728. The highest BCUT2D eigenvalue weighted by atomic mass is 19.1. The van der Waals surface area contributed by atoms with Gasteiger partial charge < -0.3 is 16.2 Å². The molecular weight excluding hydrogens is 227 g/mol. The SMILES string of the molecule is Cc1ccc(NC(=O)C(N)CC(=O)O)c(F)c1. The van der Waals surface area contributed by atoms with Crippen molar-refractivity contribution < 1.29 is 19.1 Å². The van der Waals surface area contributed by atoms with Gasteiger partial charge in [-0.2, -0.15) is 0 Å². The second-order valence-corrected chi connectivity index (χ2v) is 3.68. The topological polar surface area (TPSA) is 92.4 Å². The highest BCUT2D eigenvalue weighted by Gasteiger charge is 2.18. The van der Waals surface area contributed by atoms with E-state index in [0.29, 0.717) is 0 Å². The lowest BCUT2D eigenvalue weighted by atomic mass is 10.2. The Hall–Kier alpha value is -1.95. The Labute approximate surface area is 97.4 Å². The second-order valence-electron chi connectivity index (χ2n) is 3.68. The smallest absolute Gasteiger partial charge is 0.305 e. The van der Waals surface area contributed by atoms with Gasteiger partial charge in [0.2, 0.25) is 5.91 Å². The van der Waals surface area contributed by atoms with Crippen molar-refractivity contribution in [1.82, 2.24) is 0 Å². The fourth-order valence-corrected chi connectivity index (χ4v) is 1.23. The lowest BCUT2D eigenvalue weighted by molar-refractivity contribution is -0.138. The van der Waals surface area contributed by atoms with Crippen LogP contribution in [0.4, 0.5) is 10.1 Å². The monoisotopic (exact) mass is 240 g/mol. The van der Waals surface area contributed by atoms with Crippen molar-refractivity contribution >= 4 is 17.6 Å². The summed E-state index contributed by atoms with van der Waals surface area (Å²) in [6.07, 6.45) is -0.501. The Morgan fingerprint density at radius 1 is 1.53 bits per heavy atom. The lowest BCUT2D eigenvalue weighted by Gasteiger charge is -2.11. The van der Waals surface area contributed by atoms with E-state index in [4.69, 9.17) is 10.8 Å². The molecule has 0 aliphatic heterocycles. The van der Waals surface area contributed by atoms with Crippen molar-refractivity contribution in [3.63, 3.8) is 0 Å². The van der Waals surface area contributed by atoms with Crippen molar-refractivity contribution in [3.05, 3.63) is 29.6 Å². The summed E-state index contributed by atoms with van der Waals surface area (Å²) in [6.45, 7) is 1.71. The molecule has 0 radical (unpaired) electrons. The van der Waals surface area contributed by atoms with E-state index < -0.39 is 30.2 Å². The van der Waals surface area contributed by atoms with E-state index in [1.54, 1.807) is 13.0 Å². The summed E-state index contributed by atoms with van der Waals surface area (Å²) in [5.41, 5.74) is 6.04. The van der Waals surface area contributed by atoms with Crippen molar-refractivity contribution in [2.24, 2.45) is 5.73 Å². The van der Waals surface area contributed by atoms with Crippen LogP contribution in [0.1, 0.15) is 12.0 Å². The third kappa shape index (κ3) is 3.84. The number of nitrogens with two attached hydrogens (primary N) is 1. The molecule has 0 saturated carbocycles. The first-order valence-corrected chi connectivity index (χ1v) is 4.94. The van der Waals surface area contributed by atoms with Crippen molar-refractivity contribution in [2.75, 3.05) is 5.32 Å². The average Bonchev–Trinajstić information content (AvgIpc) is 2.21. The molecule has 1 aromatic carbocycles. The number of aryl methyl sites for hydroxylation is 1. The van der Waals surface area contributed by atoms with Crippen molar-refractivity contribution in [1.29, 1.82) is 0 Å². The predicted octanol–water partition coefficient (Wildman–Crippen LogP) is 0.875. The van der Waals surface area contributed by atoms with E-state index in [2.05, 4.69) is 5.32 Å². The molecule has 0 heterocycles. The van der Waals surface area contributed by atoms with E-state index >= 15 is 0 Å². The van der Waals surface area contributed by atoms with Gasteiger partial charge in [0.25, 0.3) is 0 Å². The van der Waals surface area contributed by atoms with Gasteiger partial charge in [-0.1, -0.05) is 6.07 Å². The number of halogens is 1. The van der Waals surface area contributed by atoms with Crippen LogP contribution < -0.4 is 11.1 Å². The average molecular weight is 240 g/mol. The Balaban J connectivity index is 2.71. The van der Waals surface area contributed by atoms with E-state index in [9.17, 15) is 14.0 Å². The van der Waals surface area contributed by atoms with Gasteiger partial charge in [0.1, 0.15) is 5.82 Å². The van der Waals surface area contributed by atoms with Crippen LogP contribution in [0.15, 0.2) is 18.2 Å². The van der Waals surface area contributed by atoms with E-state index in [0.717, 1.165) is 5.56 Å². The minimum absolute atomic E-state index is 0.0126. The van der Waals surface area contributed by atoms with Crippen LogP contribution in [0.2, 0.25) is 0 Å². The van der Waals surface area contributed by atoms with Crippen LogP contribution in [-0.2, 0) is 9.59 Å². The van der Waals surface area contributed by atoms with Crippen LogP contribution in [-0.4, -0.2) is 23.0 Å². The van der Waals surface area contributed by atoms with Gasteiger partial charge in [-0.05, 0) is 24.6 Å². The zero-order valence-corrected chi connectivity index (χ0v) is 9.24. The van der Waals surface area contributed by atoms with Gasteiger partial charge in [-0.15, -0.1) is 0 Å². The summed E-state index contributed by atoms with van der Waals surface area (Å²) in [7, 11) is 0. The third-order valence-corrected chi connectivity index (χ3v) is 2.11. The molecule has 1 unspecified atom stereocenters. The van der Waals surface area contributed by atoms with Crippen LogP contribution in [0, 0.1) is 12.7 Å². The molecular formula is C11H13FN2O3. The zero-order valence-electron chi connectivity index (χ0n) is 9.24. The molecule has 1 aromatic rings.